The van der Waals surface area contributed by atoms with Crippen molar-refractivity contribution >= 4 is 17.2 Å². The molecule has 0 radical (unpaired) electrons. The second-order valence-electron chi connectivity index (χ2n) is 5.48. The van der Waals surface area contributed by atoms with E-state index in [0.29, 0.717) is 12.1 Å². The predicted molar refractivity (Wildman–Crippen MR) is 71.8 cm³/mol. The van der Waals surface area contributed by atoms with E-state index >= 15 is 0 Å². The molecule has 0 aromatic carbocycles. The molecule has 2 N–H and O–H groups in total. The summed E-state index contributed by atoms with van der Waals surface area (Å²) < 4.78 is 0. The van der Waals surface area contributed by atoms with E-state index in [0.717, 1.165) is 41.3 Å². The van der Waals surface area contributed by atoms with Gasteiger partial charge >= 0.3 is 0 Å². The first kappa shape index (κ1) is 12.1. The van der Waals surface area contributed by atoms with Crippen molar-refractivity contribution in [3.63, 3.8) is 0 Å². The van der Waals surface area contributed by atoms with Gasteiger partial charge in [-0.2, -0.15) is 0 Å². The van der Waals surface area contributed by atoms with Crippen LogP contribution in [0.1, 0.15) is 46.1 Å². The van der Waals surface area contributed by atoms with Crippen LogP contribution in [0, 0.1) is 13.8 Å². The summed E-state index contributed by atoms with van der Waals surface area (Å²) in [5.41, 5.74) is 6.91. The highest BCUT2D eigenvalue weighted by Gasteiger charge is 2.43. The fourth-order valence-corrected chi connectivity index (χ4v) is 4.26. The summed E-state index contributed by atoms with van der Waals surface area (Å²) in [5, 5.41) is 0.969. The molecule has 2 aliphatic heterocycles. The molecule has 0 aliphatic carbocycles. The van der Waals surface area contributed by atoms with Crippen LogP contribution in [0.25, 0.3) is 0 Å². The predicted octanol–water partition coefficient (Wildman–Crippen LogP) is 1.85. The molecule has 3 heterocycles. The molecule has 2 aliphatic rings. The monoisotopic (exact) mass is 265 g/mol. The van der Waals surface area contributed by atoms with Crippen molar-refractivity contribution in [2.45, 2.75) is 57.7 Å². The maximum atomic E-state index is 12.7. The van der Waals surface area contributed by atoms with Crippen molar-refractivity contribution in [2.75, 3.05) is 0 Å². The molecule has 5 heteroatoms. The first-order valence-electron chi connectivity index (χ1n) is 6.58. The highest BCUT2D eigenvalue weighted by atomic mass is 32.1. The maximum Gasteiger partial charge on any atom is 0.266 e. The average Bonchev–Trinajstić information content (AvgIpc) is 2.76. The number of hydrogen-bond acceptors (Lipinski definition) is 4. The molecule has 2 bridgehead atoms. The molecule has 2 saturated heterocycles. The Kier molecular flexibility index (Phi) is 2.90. The number of hydrogen-bond donors (Lipinski definition) is 1. The number of piperidine rings is 1. The van der Waals surface area contributed by atoms with Crippen LogP contribution in [0.2, 0.25) is 0 Å². The fourth-order valence-electron chi connectivity index (χ4n) is 3.40. The van der Waals surface area contributed by atoms with Gasteiger partial charge in [0.25, 0.3) is 5.91 Å². The number of nitrogens with two attached hydrogens (primary N) is 1. The van der Waals surface area contributed by atoms with E-state index < -0.39 is 0 Å². The second-order valence-corrected chi connectivity index (χ2v) is 6.68. The third-order valence-electron chi connectivity index (χ3n) is 4.10. The van der Waals surface area contributed by atoms with Crippen LogP contribution in [0.3, 0.4) is 0 Å². The van der Waals surface area contributed by atoms with Crippen LogP contribution < -0.4 is 5.73 Å². The molecule has 0 saturated carbocycles. The van der Waals surface area contributed by atoms with E-state index in [1.165, 1.54) is 11.3 Å². The summed E-state index contributed by atoms with van der Waals surface area (Å²) in [5.74, 6) is 0.178. The molecule has 1 amide bonds. The van der Waals surface area contributed by atoms with Crippen LogP contribution in [-0.2, 0) is 0 Å². The van der Waals surface area contributed by atoms with E-state index in [9.17, 15) is 4.79 Å². The highest BCUT2D eigenvalue weighted by molar-refractivity contribution is 7.13. The Morgan fingerprint density at radius 3 is 2.44 bits per heavy atom. The van der Waals surface area contributed by atoms with E-state index in [-0.39, 0.29) is 11.9 Å². The lowest BCUT2D eigenvalue weighted by Gasteiger charge is -2.37. The summed E-state index contributed by atoms with van der Waals surface area (Å²) in [4.78, 5) is 19.9. The van der Waals surface area contributed by atoms with Gasteiger partial charge in [-0.25, -0.2) is 4.98 Å². The number of fused-ring (bicyclic) bond motifs is 2. The minimum atomic E-state index is 0.178. The van der Waals surface area contributed by atoms with Crippen LogP contribution in [-0.4, -0.2) is 33.9 Å². The molecule has 0 spiro atoms. The Bertz CT molecular complexity index is 471. The zero-order valence-corrected chi connectivity index (χ0v) is 11.7. The first-order chi connectivity index (χ1) is 8.56. The van der Waals surface area contributed by atoms with Gasteiger partial charge in [-0.3, -0.25) is 4.79 Å². The smallest absolute Gasteiger partial charge is 0.266 e. The molecule has 4 nitrogen and oxygen atoms in total. The van der Waals surface area contributed by atoms with Gasteiger partial charge in [-0.15, -0.1) is 11.3 Å². The number of aryl methyl sites for hydroxylation is 2. The molecule has 3 rings (SSSR count). The first-order valence-corrected chi connectivity index (χ1v) is 7.40. The summed E-state index contributed by atoms with van der Waals surface area (Å²) in [6.45, 7) is 3.88. The van der Waals surface area contributed by atoms with Gasteiger partial charge in [0.1, 0.15) is 4.88 Å². The van der Waals surface area contributed by atoms with Crippen molar-refractivity contribution in [1.29, 1.82) is 0 Å². The summed E-state index contributed by atoms with van der Waals surface area (Å²) in [7, 11) is 0. The van der Waals surface area contributed by atoms with Gasteiger partial charge in [-0.05, 0) is 39.5 Å². The number of carbonyl (C=O) groups excluding carboxylic acids is 1. The van der Waals surface area contributed by atoms with E-state index in [2.05, 4.69) is 9.88 Å². The van der Waals surface area contributed by atoms with Crippen molar-refractivity contribution in [3.8, 4) is 0 Å². The molecule has 2 fully saturated rings. The van der Waals surface area contributed by atoms with Gasteiger partial charge in [0.05, 0.1) is 10.7 Å². The van der Waals surface area contributed by atoms with Crippen LogP contribution >= 0.6 is 11.3 Å². The Labute approximate surface area is 111 Å². The molecule has 2 atom stereocenters. The minimum Gasteiger partial charge on any atom is -0.332 e. The van der Waals surface area contributed by atoms with Crippen LogP contribution in [0.15, 0.2) is 0 Å². The lowest BCUT2D eigenvalue weighted by Crippen LogP contribution is -2.50. The zero-order chi connectivity index (χ0) is 12.9. The number of amides is 1. The Morgan fingerprint density at radius 1 is 1.33 bits per heavy atom. The second kappa shape index (κ2) is 4.31. The molecule has 18 heavy (non-hydrogen) atoms. The van der Waals surface area contributed by atoms with Gasteiger partial charge in [0.2, 0.25) is 0 Å². The minimum absolute atomic E-state index is 0.178. The fraction of sp³-hybridized carbons (Fsp3) is 0.692. The maximum absolute atomic E-state index is 12.7. The van der Waals surface area contributed by atoms with E-state index in [1.807, 2.05) is 13.8 Å². The Hall–Kier alpha value is -0.940. The largest absolute Gasteiger partial charge is 0.332 e. The topological polar surface area (TPSA) is 59.2 Å². The van der Waals surface area contributed by atoms with Gasteiger partial charge in [0, 0.05) is 18.1 Å². The Balaban J connectivity index is 1.88. The zero-order valence-electron chi connectivity index (χ0n) is 10.8. The quantitative estimate of drug-likeness (QED) is 0.843. The average molecular weight is 265 g/mol. The molecular formula is C13H19N3OS. The van der Waals surface area contributed by atoms with Gasteiger partial charge in [-0.1, -0.05) is 0 Å². The van der Waals surface area contributed by atoms with Crippen LogP contribution in [0.4, 0.5) is 0 Å². The summed E-state index contributed by atoms with van der Waals surface area (Å²) in [6, 6.07) is 0.983. The number of thiazole rings is 1. The van der Waals surface area contributed by atoms with Crippen LogP contribution in [0.5, 0.6) is 0 Å². The normalized spacial score (nSPS) is 30.8. The third-order valence-corrected chi connectivity index (χ3v) is 5.16. The van der Waals surface area contributed by atoms with E-state index in [1.54, 1.807) is 0 Å². The molecule has 1 aromatic heterocycles. The van der Waals surface area contributed by atoms with Gasteiger partial charge in [0.15, 0.2) is 0 Å². The number of nitrogens with zero attached hydrogens (tertiary/aromatic N) is 2. The highest BCUT2D eigenvalue weighted by Crippen LogP contribution is 2.37. The molecular weight excluding hydrogens is 246 g/mol. The third kappa shape index (κ3) is 1.86. The standard InChI is InChI=1S/C13H19N3OS/c1-7-12(18-8(2)15-7)13(17)16-10-3-4-11(16)6-9(14)5-10/h9-11H,3-6,14H2,1-2H3. The Morgan fingerprint density at radius 2 is 1.94 bits per heavy atom. The SMILES string of the molecule is Cc1nc(C)c(C(=O)N2C3CCC2CC(N)C3)s1. The summed E-state index contributed by atoms with van der Waals surface area (Å²) in [6.07, 6.45) is 4.14. The van der Waals surface area contributed by atoms with Crippen molar-refractivity contribution in [2.24, 2.45) is 5.73 Å². The molecule has 98 valence electrons. The van der Waals surface area contributed by atoms with Crippen molar-refractivity contribution < 1.29 is 4.79 Å². The van der Waals surface area contributed by atoms with Crippen molar-refractivity contribution in [1.82, 2.24) is 9.88 Å². The number of aromatic nitrogens is 1. The number of rotatable bonds is 1. The summed E-state index contributed by atoms with van der Waals surface area (Å²) >= 11 is 1.52. The van der Waals surface area contributed by atoms with Crippen molar-refractivity contribution in [3.05, 3.63) is 15.6 Å². The molecule has 1 aromatic rings. The van der Waals surface area contributed by atoms with Gasteiger partial charge < -0.3 is 10.6 Å². The van der Waals surface area contributed by atoms with E-state index in [4.69, 9.17) is 5.73 Å². The molecule has 2 unspecified atom stereocenters. The number of carbonyl (C=O) groups is 1. The lowest BCUT2D eigenvalue weighted by atomic mass is 9.98. The lowest BCUT2D eigenvalue weighted by molar-refractivity contribution is 0.0579.